The Morgan fingerprint density at radius 3 is 2.30 bits per heavy atom. The quantitative estimate of drug-likeness (QED) is 0.390. The van der Waals surface area contributed by atoms with Gasteiger partial charge in [0.1, 0.15) is 0 Å². The molecule has 2 aromatic rings. The van der Waals surface area contributed by atoms with Crippen LogP contribution in [0.25, 0.3) is 0 Å². The molecule has 3 N–H and O–H groups in total. The van der Waals surface area contributed by atoms with Gasteiger partial charge in [-0.05, 0) is 12.5 Å². The van der Waals surface area contributed by atoms with Gasteiger partial charge < -0.3 is 20.5 Å². The van der Waals surface area contributed by atoms with Crippen LogP contribution in [0.15, 0.2) is 30.3 Å². The zero-order valence-electron chi connectivity index (χ0n) is 15.1. The Bertz CT molecular complexity index is 936. The minimum atomic E-state index is -0.672. The van der Waals surface area contributed by atoms with Gasteiger partial charge in [0.05, 0.1) is 29.5 Å². The molecule has 1 aliphatic carbocycles. The van der Waals surface area contributed by atoms with E-state index in [1.165, 1.54) is 13.2 Å². The summed E-state index contributed by atoms with van der Waals surface area (Å²) in [5.41, 5.74) is 7.30. The number of hydrogen-bond acceptors (Lipinski definition) is 7. The first-order chi connectivity index (χ1) is 13.0. The lowest BCUT2D eigenvalue weighted by molar-refractivity contribution is 0.0601. The van der Waals surface area contributed by atoms with E-state index in [0.717, 1.165) is 0 Å². The summed E-state index contributed by atoms with van der Waals surface area (Å²) in [6, 6.07) is 8.03. The molecule has 0 heterocycles. The lowest BCUT2D eigenvalue weighted by Crippen LogP contribution is -2.26. The van der Waals surface area contributed by atoms with Crippen LogP contribution < -0.4 is 11.1 Å². The predicted molar refractivity (Wildman–Crippen MR) is 100 cm³/mol. The Morgan fingerprint density at radius 1 is 1.07 bits per heavy atom. The molecule has 0 bridgehead atoms. The van der Waals surface area contributed by atoms with E-state index in [4.69, 9.17) is 15.2 Å². The number of anilines is 2. The highest BCUT2D eigenvalue weighted by molar-refractivity contribution is 6.32. The number of ether oxygens (including phenoxy) is 2. The van der Waals surface area contributed by atoms with Gasteiger partial charge in [-0.15, -0.1) is 0 Å². The van der Waals surface area contributed by atoms with E-state index < -0.39 is 5.97 Å². The average Bonchev–Trinajstić information content (AvgIpc) is 2.69. The fourth-order valence-corrected chi connectivity index (χ4v) is 3.18. The largest absolute Gasteiger partial charge is 0.465 e. The summed E-state index contributed by atoms with van der Waals surface area (Å²) in [5.74, 6) is -1.37. The van der Waals surface area contributed by atoms with E-state index in [0.29, 0.717) is 30.8 Å². The zero-order valence-corrected chi connectivity index (χ0v) is 15.1. The number of carbonyl (C=O) groups is 3. The Kier molecular flexibility index (Phi) is 5.23. The van der Waals surface area contributed by atoms with Crippen molar-refractivity contribution in [2.24, 2.45) is 0 Å². The topological polar surface area (TPSA) is 108 Å². The second kappa shape index (κ2) is 7.59. The van der Waals surface area contributed by atoms with E-state index in [9.17, 15) is 14.4 Å². The second-order valence-corrected chi connectivity index (χ2v) is 6.10. The number of nitrogens with two attached hydrogens (primary N) is 1. The highest BCUT2D eigenvalue weighted by atomic mass is 16.5. The molecule has 0 saturated carbocycles. The maximum Gasteiger partial charge on any atom is 0.340 e. The van der Waals surface area contributed by atoms with E-state index >= 15 is 0 Å². The monoisotopic (exact) mass is 368 g/mol. The van der Waals surface area contributed by atoms with Gasteiger partial charge in [0, 0.05) is 37.1 Å². The molecule has 27 heavy (non-hydrogen) atoms. The molecule has 0 radical (unpaired) electrons. The third-order valence-electron chi connectivity index (χ3n) is 4.48. The van der Waals surface area contributed by atoms with Crippen molar-refractivity contribution in [3.63, 3.8) is 0 Å². The molecule has 0 saturated heterocycles. The number of carbonyl (C=O) groups excluding carboxylic acids is 3. The number of benzene rings is 2. The summed E-state index contributed by atoms with van der Waals surface area (Å²) in [6.07, 6.45) is 0.682. The lowest BCUT2D eigenvalue weighted by atomic mass is 9.81. The third kappa shape index (κ3) is 3.17. The van der Waals surface area contributed by atoms with Crippen LogP contribution in [0.5, 0.6) is 0 Å². The molecular formula is C20H20N2O5. The number of nitrogens with one attached hydrogen (secondary N) is 1. The van der Waals surface area contributed by atoms with Gasteiger partial charge in [0.15, 0.2) is 11.6 Å². The Balaban J connectivity index is 2.18. The minimum Gasteiger partial charge on any atom is -0.465 e. The molecule has 140 valence electrons. The number of ketones is 2. The molecule has 0 fully saturated rings. The smallest absolute Gasteiger partial charge is 0.340 e. The van der Waals surface area contributed by atoms with Crippen molar-refractivity contribution in [2.45, 2.75) is 6.42 Å². The number of esters is 1. The summed E-state index contributed by atoms with van der Waals surface area (Å²) < 4.78 is 9.80. The number of fused-ring (bicyclic) bond motifs is 2. The van der Waals surface area contributed by atoms with Crippen LogP contribution in [0.2, 0.25) is 0 Å². The summed E-state index contributed by atoms with van der Waals surface area (Å²) in [6.45, 7) is 1.03. The predicted octanol–water partition coefficient (Wildman–Crippen LogP) is 2.28. The number of hydrogen-bond donors (Lipinski definition) is 2. The van der Waals surface area contributed by atoms with E-state index in [1.54, 1.807) is 31.4 Å². The normalized spacial score (nSPS) is 12.4. The van der Waals surface area contributed by atoms with Crippen molar-refractivity contribution in [2.75, 3.05) is 38.4 Å². The van der Waals surface area contributed by atoms with Crippen LogP contribution in [0.1, 0.15) is 48.6 Å². The van der Waals surface area contributed by atoms with Crippen LogP contribution >= 0.6 is 0 Å². The first kappa shape index (κ1) is 18.6. The average molecular weight is 368 g/mol. The van der Waals surface area contributed by atoms with Crippen molar-refractivity contribution >= 4 is 28.9 Å². The van der Waals surface area contributed by atoms with Crippen LogP contribution in [0, 0.1) is 0 Å². The second-order valence-electron chi connectivity index (χ2n) is 6.10. The van der Waals surface area contributed by atoms with E-state index in [-0.39, 0.29) is 39.5 Å². The van der Waals surface area contributed by atoms with Crippen molar-refractivity contribution in [1.82, 2.24) is 0 Å². The van der Waals surface area contributed by atoms with Gasteiger partial charge in [-0.25, -0.2) is 4.79 Å². The molecule has 7 heteroatoms. The first-order valence-electron chi connectivity index (χ1n) is 8.47. The minimum absolute atomic E-state index is 0.0378. The fourth-order valence-electron chi connectivity index (χ4n) is 3.18. The Labute approximate surface area is 156 Å². The molecular weight excluding hydrogens is 348 g/mol. The maximum absolute atomic E-state index is 13.1. The van der Waals surface area contributed by atoms with Crippen molar-refractivity contribution in [3.05, 3.63) is 58.1 Å². The Morgan fingerprint density at radius 2 is 1.70 bits per heavy atom. The molecule has 3 rings (SSSR count). The van der Waals surface area contributed by atoms with Gasteiger partial charge in [-0.2, -0.15) is 0 Å². The summed E-state index contributed by atoms with van der Waals surface area (Å²) in [7, 11) is 2.83. The highest BCUT2D eigenvalue weighted by Crippen LogP contribution is 2.37. The number of nitrogen functional groups attached to an aromatic ring is 1. The maximum atomic E-state index is 13.1. The molecule has 1 aliphatic rings. The number of rotatable bonds is 6. The number of methoxy groups -OCH3 is 2. The third-order valence-corrected chi connectivity index (χ3v) is 4.48. The lowest BCUT2D eigenvalue weighted by Gasteiger charge is -2.23. The van der Waals surface area contributed by atoms with Crippen LogP contribution in [-0.2, 0) is 9.47 Å². The Hall–Kier alpha value is -3.19. The van der Waals surface area contributed by atoms with Gasteiger partial charge in [0.2, 0.25) is 0 Å². The summed E-state index contributed by atoms with van der Waals surface area (Å²) in [5, 5.41) is 3.12. The van der Waals surface area contributed by atoms with E-state index in [1.807, 2.05) is 0 Å². The molecule has 0 unspecified atom stereocenters. The summed E-state index contributed by atoms with van der Waals surface area (Å²) in [4.78, 5) is 38.2. The van der Waals surface area contributed by atoms with Crippen molar-refractivity contribution in [1.29, 1.82) is 0 Å². The van der Waals surface area contributed by atoms with Crippen LogP contribution in [0.4, 0.5) is 11.4 Å². The van der Waals surface area contributed by atoms with Gasteiger partial charge in [-0.1, -0.05) is 24.3 Å². The molecule has 0 spiro atoms. The van der Waals surface area contributed by atoms with Gasteiger partial charge in [0.25, 0.3) is 0 Å². The van der Waals surface area contributed by atoms with Crippen molar-refractivity contribution in [3.8, 4) is 0 Å². The first-order valence-corrected chi connectivity index (χ1v) is 8.47. The molecule has 7 nitrogen and oxygen atoms in total. The SMILES string of the molecule is COCCCNc1cc(C(=O)OC)c(N)c2c1C(=O)c1ccccc1C2=O. The molecule has 0 aromatic heterocycles. The van der Waals surface area contributed by atoms with Crippen LogP contribution in [0.3, 0.4) is 0 Å². The fraction of sp³-hybridized carbons (Fsp3) is 0.250. The molecule has 0 amide bonds. The standard InChI is InChI=1S/C20H20N2O5/c1-26-9-5-8-22-14-10-13(20(25)27-2)17(21)16-15(14)18(23)11-6-3-4-7-12(11)19(16)24/h3-4,6-7,10,22H,5,8-9,21H2,1-2H3. The van der Waals surface area contributed by atoms with Gasteiger partial charge >= 0.3 is 5.97 Å². The molecule has 0 atom stereocenters. The molecule has 2 aromatic carbocycles. The summed E-state index contributed by atoms with van der Waals surface area (Å²) >= 11 is 0. The van der Waals surface area contributed by atoms with E-state index in [2.05, 4.69) is 5.32 Å². The van der Waals surface area contributed by atoms with Crippen molar-refractivity contribution < 1.29 is 23.9 Å². The highest BCUT2D eigenvalue weighted by Gasteiger charge is 2.35. The van der Waals surface area contributed by atoms with Gasteiger partial charge in [-0.3, -0.25) is 9.59 Å². The zero-order chi connectivity index (χ0) is 19.6. The van der Waals surface area contributed by atoms with Crippen LogP contribution in [-0.4, -0.2) is 44.9 Å². The molecule has 0 aliphatic heterocycles.